The number of aryl methyl sites for hydroxylation is 4. The van der Waals surface area contributed by atoms with Crippen molar-refractivity contribution in [1.29, 1.82) is 0 Å². The predicted molar refractivity (Wildman–Crippen MR) is 239 cm³/mol. The molecule has 0 aliphatic heterocycles. The molecule has 4 aromatic carbocycles. The first-order valence-electron chi connectivity index (χ1n) is 22.1. The second-order valence-electron chi connectivity index (χ2n) is 16.6. The fraction of sp³-hybridized carbons (Fsp3) is 0.347. The van der Waals surface area contributed by atoms with Crippen LogP contribution in [-0.2, 0) is 12.8 Å². The van der Waals surface area contributed by atoms with Crippen molar-refractivity contribution in [3.8, 4) is 68.7 Å². The molecule has 63 heavy (non-hydrogen) atoms. The Labute approximate surface area is 366 Å². The van der Waals surface area contributed by atoms with Gasteiger partial charge in [0.2, 0.25) is 23.6 Å². The van der Waals surface area contributed by atoms with Crippen molar-refractivity contribution in [3.63, 3.8) is 0 Å². The fourth-order valence-corrected chi connectivity index (χ4v) is 7.76. The summed E-state index contributed by atoms with van der Waals surface area (Å²) in [6, 6.07) is 27.8. The van der Waals surface area contributed by atoms with Gasteiger partial charge in [0.25, 0.3) is 0 Å². The molecule has 1 aliphatic carbocycles. The molecule has 1 fully saturated rings. The Bertz CT molecular complexity index is 2750. The van der Waals surface area contributed by atoms with Crippen LogP contribution in [-0.4, -0.2) is 63.1 Å². The van der Waals surface area contributed by atoms with E-state index >= 15 is 0 Å². The van der Waals surface area contributed by atoms with E-state index in [1.165, 1.54) is 19.3 Å². The lowest BCUT2D eigenvalue weighted by molar-refractivity contribution is 0.155. The van der Waals surface area contributed by atoms with E-state index in [0.717, 1.165) is 113 Å². The summed E-state index contributed by atoms with van der Waals surface area (Å²) in [4.78, 5) is 0. The highest BCUT2D eigenvalue weighted by Gasteiger charge is 2.19. The molecule has 0 amide bonds. The standard InChI is InChI=1S/C49H52N10O4/c1-5-6-10-37-29-58(56-50-37)39-21-16-35(17-22-39)46-52-54-48(62-46)44-27-42(25-14-33(44)3)60-31-32(2)13-20-38-30-59(57-51-38)40-23-18-36(19-24-40)47-53-55-49(63-47)45-28-43(26-15-34(45)4)61-41-11-8-7-9-12-41/h14-19,21-30,32,41H,5-13,20,31H2,1-4H3. The Morgan fingerprint density at radius 3 is 1.71 bits per heavy atom. The summed E-state index contributed by atoms with van der Waals surface area (Å²) in [5.74, 6) is 3.67. The first-order chi connectivity index (χ1) is 30.8. The monoisotopic (exact) mass is 844 g/mol. The average Bonchev–Trinajstić information content (AvgIpc) is 4.17. The molecule has 4 heterocycles. The van der Waals surface area contributed by atoms with Crippen molar-refractivity contribution in [2.24, 2.45) is 5.92 Å². The number of hydrogen-bond donors (Lipinski definition) is 0. The lowest BCUT2D eigenvalue weighted by Crippen LogP contribution is -2.19. The summed E-state index contributed by atoms with van der Waals surface area (Å²) in [5.41, 5.74) is 9.13. The summed E-state index contributed by atoms with van der Waals surface area (Å²) in [5, 5.41) is 34.9. The van der Waals surface area contributed by atoms with Crippen LogP contribution in [0.2, 0.25) is 0 Å². The van der Waals surface area contributed by atoms with Gasteiger partial charge in [-0.15, -0.1) is 30.6 Å². The van der Waals surface area contributed by atoms with Crippen molar-refractivity contribution >= 4 is 0 Å². The molecule has 4 aromatic heterocycles. The molecular formula is C49H52N10O4. The number of unbranched alkanes of at least 4 members (excludes halogenated alkanes) is 1. The molecule has 1 aliphatic rings. The van der Waals surface area contributed by atoms with Crippen LogP contribution in [0, 0.1) is 19.8 Å². The Balaban J connectivity index is 0.764. The third kappa shape index (κ3) is 9.90. The summed E-state index contributed by atoms with van der Waals surface area (Å²) < 4.78 is 28.5. The van der Waals surface area contributed by atoms with Crippen LogP contribution in [0.3, 0.4) is 0 Å². The molecule has 0 saturated heterocycles. The van der Waals surface area contributed by atoms with Gasteiger partial charge in [-0.2, -0.15) is 0 Å². The molecule has 1 atom stereocenters. The second-order valence-corrected chi connectivity index (χ2v) is 16.6. The van der Waals surface area contributed by atoms with Crippen LogP contribution in [0.15, 0.2) is 106 Å². The Morgan fingerprint density at radius 1 is 0.619 bits per heavy atom. The van der Waals surface area contributed by atoms with Crippen LogP contribution in [0.5, 0.6) is 11.5 Å². The highest BCUT2D eigenvalue weighted by atomic mass is 16.5. The number of aromatic nitrogens is 10. The first-order valence-corrected chi connectivity index (χ1v) is 22.1. The minimum absolute atomic E-state index is 0.268. The lowest BCUT2D eigenvalue weighted by atomic mass is 9.98. The van der Waals surface area contributed by atoms with Crippen LogP contribution < -0.4 is 9.47 Å². The molecular weight excluding hydrogens is 793 g/mol. The topological polar surface area (TPSA) is 158 Å². The molecule has 322 valence electrons. The molecule has 14 nitrogen and oxygen atoms in total. The van der Waals surface area contributed by atoms with Gasteiger partial charge >= 0.3 is 0 Å². The number of rotatable bonds is 17. The third-order valence-electron chi connectivity index (χ3n) is 11.6. The van der Waals surface area contributed by atoms with Crippen LogP contribution in [0.4, 0.5) is 0 Å². The van der Waals surface area contributed by atoms with Gasteiger partial charge in [-0.1, -0.05) is 49.2 Å². The maximum atomic E-state index is 6.30. The van der Waals surface area contributed by atoms with Crippen LogP contribution in [0.1, 0.15) is 87.7 Å². The predicted octanol–water partition coefficient (Wildman–Crippen LogP) is 10.6. The highest BCUT2D eigenvalue weighted by Crippen LogP contribution is 2.33. The van der Waals surface area contributed by atoms with Gasteiger partial charge in [0.05, 0.1) is 47.9 Å². The molecule has 0 N–H and O–H groups in total. The van der Waals surface area contributed by atoms with Gasteiger partial charge in [0.15, 0.2) is 0 Å². The average molecular weight is 845 g/mol. The lowest BCUT2D eigenvalue weighted by Gasteiger charge is -2.23. The van der Waals surface area contributed by atoms with E-state index in [0.29, 0.717) is 30.2 Å². The quantitative estimate of drug-likeness (QED) is 0.0855. The van der Waals surface area contributed by atoms with E-state index < -0.39 is 0 Å². The molecule has 0 spiro atoms. The zero-order valence-electron chi connectivity index (χ0n) is 36.3. The molecule has 9 rings (SSSR count). The number of ether oxygens (including phenoxy) is 2. The van der Waals surface area contributed by atoms with Gasteiger partial charge in [-0.25, -0.2) is 9.36 Å². The van der Waals surface area contributed by atoms with Crippen molar-refractivity contribution in [3.05, 3.63) is 120 Å². The molecule has 1 saturated carbocycles. The fourth-order valence-electron chi connectivity index (χ4n) is 7.76. The Hall–Kier alpha value is -6.96. The third-order valence-corrected chi connectivity index (χ3v) is 11.6. The summed E-state index contributed by atoms with van der Waals surface area (Å²) in [6.45, 7) is 8.95. The SMILES string of the molecule is CCCCc1cn(-c2ccc(-c3nnc(-c4cc(OCC(C)CCc5cn(-c6ccc(-c7nnc(-c8cc(OC9CCCCC9)ccc8C)o7)cc6)nn5)ccc4C)o3)cc2)nn1. The van der Waals surface area contributed by atoms with E-state index in [2.05, 4.69) is 60.9 Å². The Morgan fingerprint density at radius 2 is 1.14 bits per heavy atom. The molecule has 1 unspecified atom stereocenters. The molecule has 0 radical (unpaired) electrons. The van der Waals surface area contributed by atoms with Crippen molar-refractivity contribution in [1.82, 2.24) is 50.4 Å². The van der Waals surface area contributed by atoms with Crippen molar-refractivity contribution in [2.75, 3.05) is 6.61 Å². The van der Waals surface area contributed by atoms with Gasteiger partial charge in [0.1, 0.15) is 11.5 Å². The van der Waals surface area contributed by atoms with Gasteiger partial charge in [-0.05, 0) is 155 Å². The van der Waals surface area contributed by atoms with Gasteiger partial charge < -0.3 is 18.3 Å². The minimum Gasteiger partial charge on any atom is -0.493 e. The van der Waals surface area contributed by atoms with Crippen molar-refractivity contribution in [2.45, 2.75) is 98.0 Å². The van der Waals surface area contributed by atoms with E-state index in [-0.39, 0.29) is 12.0 Å². The molecule has 0 bridgehead atoms. The Kier molecular flexibility index (Phi) is 12.5. The highest BCUT2D eigenvalue weighted by molar-refractivity contribution is 5.64. The molecule has 8 aromatic rings. The largest absolute Gasteiger partial charge is 0.493 e. The van der Waals surface area contributed by atoms with E-state index in [1.54, 1.807) is 9.36 Å². The number of benzene rings is 4. The minimum atomic E-state index is 0.268. The maximum absolute atomic E-state index is 6.30. The second kappa shape index (κ2) is 19.0. The zero-order chi connectivity index (χ0) is 43.1. The summed E-state index contributed by atoms with van der Waals surface area (Å²) in [6.07, 6.45) is 14.9. The summed E-state index contributed by atoms with van der Waals surface area (Å²) >= 11 is 0. The van der Waals surface area contributed by atoms with E-state index in [4.69, 9.17) is 18.3 Å². The zero-order valence-corrected chi connectivity index (χ0v) is 36.3. The van der Waals surface area contributed by atoms with Crippen LogP contribution in [0.25, 0.3) is 57.2 Å². The van der Waals surface area contributed by atoms with Crippen LogP contribution >= 0.6 is 0 Å². The number of hydrogen-bond acceptors (Lipinski definition) is 12. The van der Waals surface area contributed by atoms with Gasteiger partial charge in [0, 0.05) is 22.3 Å². The molecule has 14 heteroatoms. The van der Waals surface area contributed by atoms with Crippen molar-refractivity contribution < 1.29 is 18.3 Å². The van der Waals surface area contributed by atoms with E-state index in [1.807, 2.05) is 105 Å². The number of nitrogens with zero attached hydrogens (tertiary/aromatic N) is 10. The summed E-state index contributed by atoms with van der Waals surface area (Å²) in [7, 11) is 0. The first kappa shape index (κ1) is 41.4. The van der Waals surface area contributed by atoms with Gasteiger partial charge in [-0.3, -0.25) is 0 Å². The normalized spacial score (nSPS) is 13.7. The van der Waals surface area contributed by atoms with E-state index in [9.17, 15) is 0 Å². The smallest absolute Gasteiger partial charge is 0.248 e. The maximum Gasteiger partial charge on any atom is 0.248 e.